The highest BCUT2D eigenvalue weighted by molar-refractivity contribution is 6.06. The molecule has 1 N–H and O–H groups in total. The minimum absolute atomic E-state index is 0.145. The van der Waals surface area contributed by atoms with Crippen molar-refractivity contribution < 1.29 is 33.3 Å². The summed E-state index contributed by atoms with van der Waals surface area (Å²) in [5.74, 6) is 2.31. The first-order chi connectivity index (χ1) is 26.9. The maximum atomic E-state index is 13.8. The molecule has 0 aromatic heterocycles. The highest BCUT2D eigenvalue weighted by atomic mass is 16.5. The molecule has 4 aromatic carbocycles. The average Bonchev–Trinajstić information content (AvgIpc) is 3.80. The first-order valence-electron chi connectivity index (χ1n) is 18.1. The fourth-order valence-electron chi connectivity index (χ4n) is 7.22. The van der Waals surface area contributed by atoms with Crippen LogP contribution in [-0.2, 0) is 0 Å². The third-order valence-corrected chi connectivity index (χ3v) is 10.2. The molecular formula is C43H41N5O7. The number of ether oxygens (including phenoxy) is 5. The van der Waals surface area contributed by atoms with Gasteiger partial charge in [-0.2, -0.15) is 0 Å². The summed E-state index contributed by atoms with van der Waals surface area (Å²) in [6.07, 6.45) is 9.30. The Kier molecular flexibility index (Phi) is 9.71. The van der Waals surface area contributed by atoms with E-state index in [0.717, 1.165) is 33.7 Å². The molecule has 0 saturated heterocycles. The van der Waals surface area contributed by atoms with Crippen molar-refractivity contribution in [1.29, 1.82) is 0 Å². The zero-order valence-electron chi connectivity index (χ0n) is 31.1. The van der Waals surface area contributed by atoms with E-state index in [2.05, 4.69) is 17.4 Å². The molecule has 0 spiro atoms. The third kappa shape index (κ3) is 6.87. The van der Waals surface area contributed by atoms with Crippen LogP contribution in [0, 0.1) is 0 Å². The number of benzene rings is 4. The SMILES string of the molecule is CNc1ccc(C2=CN3C(=O)c4cc(OC)c(OCCCOc5cc6c(cc5OC)C(=O)N5C=C(c7ccc(OC)cc7)C[C@H]5C=N6)cc4N=CC3C2)cc1. The number of fused-ring (bicyclic) bond motifs is 4. The molecule has 0 fully saturated rings. The molecule has 8 rings (SSSR count). The van der Waals surface area contributed by atoms with Crippen molar-refractivity contribution in [2.75, 3.05) is 46.9 Å². The predicted molar refractivity (Wildman–Crippen MR) is 212 cm³/mol. The van der Waals surface area contributed by atoms with Crippen LogP contribution in [0.4, 0.5) is 17.1 Å². The van der Waals surface area contributed by atoms with E-state index in [4.69, 9.17) is 33.7 Å². The van der Waals surface area contributed by atoms with E-state index in [1.54, 1.807) is 55.4 Å². The van der Waals surface area contributed by atoms with Gasteiger partial charge in [0.05, 0.1) is 69.1 Å². The summed E-state index contributed by atoms with van der Waals surface area (Å²) in [7, 11) is 6.61. The molecule has 0 saturated carbocycles. The van der Waals surface area contributed by atoms with Gasteiger partial charge in [-0.25, -0.2) is 0 Å². The van der Waals surface area contributed by atoms with E-state index in [1.807, 2.05) is 68.3 Å². The Morgan fingerprint density at radius 2 is 1.11 bits per heavy atom. The van der Waals surface area contributed by atoms with Crippen molar-refractivity contribution in [3.63, 3.8) is 0 Å². The molecule has 2 amide bonds. The van der Waals surface area contributed by atoms with Crippen LogP contribution >= 0.6 is 0 Å². The molecule has 2 atom stereocenters. The molecular weight excluding hydrogens is 699 g/mol. The van der Waals surface area contributed by atoms with Gasteiger partial charge in [0.2, 0.25) is 0 Å². The molecule has 0 aliphatic carbocycles. The number of hydrogen-bond acceptors (Lipinski definition) is 10. The second-order valence-corrected chi connectivity index (χ2v) is 13.5. The van der Waals surface area contributed by atoms with Crippen molar-refractivity contribution in [2.45, 2.75) is 31.3 Å². The van der Waals surface area contributed by atoms with Crippen LogP contribution in [0.25, 0.3) is 11.1 Å². The van der Waals surface area contributed by atoms with Gasteiger partial charge >= 0.3 is 0 Å². The highest BCUT2D eigenvalue weighted by Gasteiger charge is 2.35. The second kappa shape index (κ2) is 15.1. The molecule has 4 aliphatic heterocycles. The van der Waals surface area contributed by atoms with Gasteiger partial charge in [-0.3, -0.25) is 19.6 Å². The van der Waals surface area contributed by atoms with E-state index in [9.17, 15) is 9.59 Å². The van der Waals surface area contributed by atoms with Gasteiger partial charge in [-0.05, 0) is 58.7 Å². The summed E-state index contributed by atoms with van der Waals surface area (Å²) in [5.41, 5.74) is 7.18. The lowest BCUT2D eigenvalue weighted by Crippen LogP contribution is -2.32. The number of anilines is 1. The van der Waals surface area contributed by atoms with Crippen LogP contribution in [0.5, 0.6) is 28.7 Å². The molecule has 55 heavy (non-hydrogen) atoms. The van der Waals surface area contributed by atoms with Crippen molar-refractivity contribution in [1.82, 2.24) is 9.80 Å². The molecule has 280 valence electrons. The minimum Gasteiger partial charge on any atom is -0.497 e. The zero-order valence-corrected chi connectivity index (χ0v) is 31.1. The number of rotatable bonds is 12. The molecule has 4 heterocycles. The summed E-state index contributed by atoms with van der Waals surface area (Å²) >= 11 is 0. The van der Waals surface area contributed by atoms with Crippen molar-refractivity contribution in [3.8, 4) is 28.7 Å². The lowest BCUT2D eigenvalue weighted by atomic mass is 10.0. The van der Waals surface area contributed by atoms with Crippen LogP contribution in [0.2, 0.25) is 0 Å². The fraction of sp³-hybridized carbons (Fsp3) is 0.256. The van der Waals surface area contributed by atoms with Crippen molar-refractivity contribution >= 4 is 52.5 Å². The molecule has 12 heteroatoms. The standard InChI is InChI=1S/C43H41N5O7/c1-44-30-10-6-26(7-11-30)28-16-31-22-45-36-20-40(38(52-3)18-34(36)42(49)47(31)24-28)54-14-5-15-55-41-21-37-35(19-39(41)53-4)43(50)48-25-29(17-32(48)23-46-37)27-8-12-33(51-2)13-9-27/h6-13,18-25,31-32,44H,5,14-17H2,1-4H3/t31?,32-/m0/s1. The smallest absolute Gasteiger partial charge is 0.260 e. The minimum atomic E-state index is -0.202. The first-order valence-corrected chi connectivity index (χ1v) is 18.1. The number of carbonyl (C=O) groups excluding carboxylic acids is 2. The summed E-state index contributed by atoms with van der Waals surface area (Å²) in [6, 6.07) is 22.4. The Bertz CT molecular complexity index is 2100. The molecule has 4 aromatic rings. The van der Waals surface area contributed by atoms with E-state index < -0.39 is 0 Å². The van der Waals surface area contributed by atoms with Gasteiger partial charge in [0.25, 0.3) is 11.8 Å². The van der Waals surface area contributed by atoms with Crippen LogP contribution in [-0.4, -0.2) is 87.7 Å². The monoisotopic (exact) mass is 739 g/mol. The third-order valence-electron chi connectivity index (χ3n) is 10.2. The number of aliphatic imine (C=N–C) groups is 2. The van der Waals surface area contributed by atoms with Gasteiger partial charge in [0, 0.05) is 69.0 Å². The van der Waals surface area contributed by atoms with E-state index in [1.165, 1.54) is 0 Å². The molecule has 4 aliphatic rings. The predicted octanol–water partition coefficient (Wildman–Crippen LogP) is 7.55. The Morgan fingerprint density at radius 3 is 1.55 bits per heavy atom. The van der Waals surface area contributed by atoms with Gasteiger partial charge in [-0.15, -0.1) is 0 Å². The summed E-state index contributed by atoms with van der Waals surface area (Å²) in [6.45, 7) is 0.617. The van der Waals surface area contributed by atoms with Gasteiger partial charge < -0.3 is 38.8 Å². The Morgan fingerprint density at radius 1 is 0.636 bits per heavy atom. The molecule has 0 bridgehead atoms. The van der Waals surface area contributed by atoms with Crippen LogP contribution in [0.1, 0.15) is 51.1 Å². The number of amides is 2. The van der Waals surface area contributed by atoms with E-state index in [-0.39, 0.29) is 23.9 Å². The lowest BCUT2D eigenvalue weighted by Gasteiger charge is -2.19. The van der Waals surface area contributed by atoms with Crippen molar-refractivity contribution in [3.05, 3.63) is 107 Å². The van der Waals surface area contributed by atoms with E-state index in [0.29, 0.717) is 78.0 Å². The van der Waals surface area contributed by atoms with Crippen LogP contribution in [0.15, 0.2) is 95.2 Å². The zero-order chi connectivity index (χ0) is 38.1. The van der Waals surface area contributed by atoms with Gasteiger partial charge in [0.1, 0.15) is 5.75 Å². The molecule has 12 nitrogen and oxygen atoms in total. The lowest BCUT2D eigenvalue weighted by molar-refractivity contribution is 0.0809. The number of nitrogens with zero attached hydrogens (tertiary/aromatic N) is 4. The summed E-state index contributed by atoms with van der Waals surface area (Å²) < 4.78 is 28.8. The van der Waals surface area contributed by atoms with Gasteiger partial charge in [-0.1, -0.05) is 24.3 Å². The quantitative estimate of drug-likeness (QED) is 0.148. The van der Waals surface area contributed by atoms with Gasteiger partial charge in [0.15, 0.2) is 23.0 Å². The maximum absolute atomic E-state index is 13.8. The summed E-state index contributed by atoms with van der Waals surface area (Å²) in [5, 5.41) is 3.13. The second-order valence-electron chi connectivity index (χ2n) is 13.5. The van der Waals surface area contributed by atoms with Crippen LogP contribution in [0.3, 0.4) is 0 Å². The fourth-order valence-corrected chi connectivity index (χ4v) is 7.22. The Balaban J connectivity index is 0.906. The molecule has 0 radical (unpaired) electrons. The number of methoxy groups -OCH3 is 3. The van der Waals surface area contributed by atoms with Crippen LogP contribution < -0.4 is 29.0 Å². The number of carbonyl (C=O) groups is 2. The largest absolute Gasteiger partial charge is 0.497 e. The Labute approximate surface area is 319 Å². The van der Waals surface area contributed by atoms with Crippen molar-refractivity contribution in [2.24, 2.45) is 9.98 Å². The first kappa shape index (κ1) is 35.5. The highest BCUT2D eigenvalue weighted by Crippen LogP contribution is 2.42. The average molecular weight is 740 g/mol. The summed E-state index contributed by atoms with van der Waals surface area (Å²) in [4.78, 5) is 40.4. The normalized spacial score (nSPS) is 18.0. The number of hydrogen-bond donors (Lipinski definition) is 1. The Hall–Kier alpha value is -6.56. The molecule has 1 unspecified atom stereocenters. The maximum Gasteiger partial charge on any atom is 0.260 e. The van der Waals surface area contributed by atoms with E-state index >= 15 is 0 Å². The topological polar surface area (TPSA) is 124 Å². The number of nitrogens with one attached hydrogen (secondary N) is 1.